The van der Waals surface area contributed by atoms with Crippen LogP contribution in [0.25, 0.3) is 0 Å². The van der Waals surface area contributed by atoms with Crippen molar-refractivity contribution in [2.45, 2.75) is 26.9 Å². The number of carbonyl (C=O) groups excluding carboxylic acids is 2. The third kappa shape index (κ3) is 4.94. The molecule has 0 radical (unpaired) electrons. The molecule has 3 amide bonds. The van der Waals surface area contributed by atoms with Gasteiger partial charge in [-0.3, -0.25) is 9.59 Å². The molecule has 0 fully saturated rings. The summed E-state index contributed by atoms with van der Waals surface area (Å²) in [7, 11) is 1.46. The van der Waals surface area contributed by atoms with Gasteiger partial charge in [0.25, 0.3) is 5.56 Å². The first-order chi connectivity index (χ1) is 11.9. The van der Waals surface area contributed by atoms with E-state index in [9.17, 15) is 14.4 Å². The third-order valence-electron chi connectivity index (χ3n) is 3.78. The molecule has 1 aromatic heterocycles. The Hall–Kier alpha value is -3.09. The number of urea groups is 1. The highest BCUT2D eigenvalue weighted by Gasteiger charge is 2.11. The summed E-state index contributed by atoms with van der Waals surface area (Å²) in [5, 5.41) is 7.62. The first-order valence-electron chi connectivity index (χ1n) is 7.92. The first-order valence-corrected chi connectivity index (χ1v) is 7.92. The monoisotopic (exact) mass is 342 g/mol. The van der Waals surface area contributed by atoms with Crippen molar-refractivity contribution in [3.8, 4) is 0 Å². The van der Waals surface area contributed by atoms with Crippen LogP contribution in [0, 0.1) is 13.8 Å². The number of hydrogen-bond acceptors (Lipinski definition) is 3. The van der Waals surface area contributed by atoms with Crippen LogP contribution in [0.2, 0.25) is 0 Å². The molecule has 1 heterocycles. The number of aryl methyl sites for hydroxylation is 2. The lowest BCUT2D eigenvalue weighted by Gasteiger charge is -2.13. The zero-order chi connectivity index (χ0) is 18.4. The van der Waals surface area contributed by atoms with Crippen LogP contribution in [-0.4, -0.2) is 23.6 Å². The summed E-state index contributed by atoms with van der Waals surface area (Å²) < 4.78 is 1.33. The molecule has 0 bridgehead atoms. The Labute approximate surface area is 146 Å². The van der Waals surface area contributed by atoms with Crippen LogP contribution < -0.4 is 21.5 Å². The fourth-order valence-corrected chi connectivity index (χ4v) is 2.25. The lowest BCUT2D eigenvalue weighted by atomic mass is 10.1. The molecule has 0 saturated carbocycles. The summed E-state index contributed by atoms with van der Waals surface area (Å²) in [6, 6.07) is 10.6. The number of nitrogens with zero attached hydrogens (tertiary/aromatic N) is 1. The average molecular weight is 342 g/mol. The molecule has 0 atom stereocenters. The van der Waals surface area contributed by atoms with Gasteiger partial charge < -0.3 is 20.5 Å². The van der Waals surface area contributed by atoms with E-state index in [-0.39, 0.29) is 18.1 Å². The van der Waals surface area contributed by atoms with Crippen molar-refractivity contribution in [2.75, 3.05) is 12.4 Å². The SMILES string of the molecule is CNC(=O)Nc1ccc(C)n(CC(=O)NCc2ccc(C)cc2)c1=O. The molecular formula is C18H22N4O3. The number of rotatable bonds is 5. The van der Waals surface area contributed by atoms with Crippen LogP contribution >= 0.6 is 0 Å². The maximum atomic E-state index is 12.4. The Bertz CT molecular complexity index is 825. The predicted octanol–water partition coefficient (Wildman–Crippen LogP) is 1.53. The van der Waals surface area contributed by atoms with E-state index in [1.54, 1.807) is 13.0 Å². The van der Waals surface area contributed by atoms with Crippen molar-refractivity contribution in [2.24, 2.45) is 0 Å². The topological polar surface area (TPSA) is 92.2 Å². The number of aromatic nitrogens is 1. The van der Waals surface area contributed by atoms with Crippen molar-refractivity contribution >= 4 is 17.6 Å². The van der Waals surface area contributed by atoms with Crippen LogP contribution in [-0.2, 0) is 17.9 Å². The van der Waals surface area contributed by atoms with E-state index in [4.69, 9.17) is 0 Å². The number of hydrogen-bond donors (Lipinski definition) is 3. The molecule has 25 heavy (non-hydrogen) atoms. The number of pyridine rings is 1. The van der Waals surface area contributed by atoms with Gasteiger partial charge in [0, 0.05) is 19.3 Å². The molecule has 2 aromatic rings. The lowest BCUT2D eigenvalue weighted by molar-refractivity contribution is -0.121. The minimum atomic E-state index is -0.490. The average Bonchev–Trinajstić information content (AvgIpc) is 2.60. The molecule has 0 saturated heterocycles. The maximum Gasteiger partial charge on any atom is 0.319 e. The molecule has 7 heteroatoms. The van der Waals surface area contributed by atoms with Gasteiger partial charge in [-0.25, -0.2) is 4.79 Å². The summed E-state index contributed by atoms with van der Waals surface area (Å²) in [6.45, 7) is 4.01. The van der Waals surface area contributed by atoms with Crippen LogP contribution in [0.15, 0.2) is 41.2 Å². The van der Waals surface area contributed by atoms with E-state index in [0.717, 1.165) is 11.1 Å². The summed E-state index contributed by atoms with van der Waals surface area (Å²) in [4.78, 5) is 36.0. The van der Waals surface area contributed by atoms with E-state index in [0.29, 0.717) is 12.2 Å². The second-order valence-electron chi connectivity index (χ2n) is 5.75. The molecule has 3 N–H and O–H groups in total. The van der Waals surface area contributed by atoms with E-state index >= 15 is 0 Å². The molecule has 1 aromatic carbocycles. The Morgan fingerprint density at radius 3 is 2.36 bits per heavy atom. The van der Waals surface area contributed by atoms with Gasteiger partial charge in [-0.15, -0.1) is 0 Å². The number of amides is 3. The second kappa shape index (κ2) is 8.14. The van der Waals surface area contributed by atoms with Crippen molar-refractivity contribution in [1.29, 1.82) is 0 Å². The number of anilines is 1. The molecule has 0 aliphatic rings. The third-order valence-corrected chi connectivity index (χ3v) is 3.78. The number of carbonyl (C=O) groups is 2. The number of benzene rings is 1. The highest BCUT2D eigenvalue weighted by Crippen LogP contribution is 2.04. The van der Waals surface area contributed by atoms with Gasteiger partial charge in [-0.05, 0) is 31.5 Å². The zero-order valence-electron chi connectivity index (χ0n) is 14.6. The Morgan fingerprint density at radius 2 is 1.72 bits per heavy atom. The van der Waals surface area contributed by atoms with Crippen molar-refractivity contribution in [3.63, 3.8) is 0 Å². The van der Waals surface area contributed by atoms with Crippen molar-refractivity contribution in [1.82, 2.24) is 15.2 Å². The van der Waals surface area contributed by atoms with E-state index in [1.165, 1.54) is 17.7 Å². The van der Waals surface area contributed by atoms with Crippen LogP contribution in [0.1, 0.15) is 16.8 Å². The van der Waals surface area contributed by atoms with Gasteiger partial charge in [-0.2, -0.15) is 0 Å². The Kier molecular flexibility index (Phi) is 5.94. The van der Waals surface area contributed by atoms with Gasteiger partial charge in [0.15, 0.2) is 0 Å². The van der Waals surface area contributed by atoms with Gasteiger partial charge in [0.05, 0.1) is 0 Å². The van der Waals surface area contributed by atoms with Gasteiger partial charge >= 0.3 is 6.03 Å². The fourth-order valence-electron chi connectivity index (χ4n) is 2.25. The van der Waals surface area contributed by atoms with Crippen LogP contribution in [0.5, 0.6) is 0 Å². The predicted molar refractivity (Wildman–Crippen MR) is 96.5 cm³/mol. The van der Waals surface area contributed by atoms with Crippen LogP contribution in [0.4, 0.5) is 10.5 Å². The summed E-state index contributed by atoms with van der Waals surface area (Å²) in [6.07, 6.45) is 0. The molecule has 132 valence electrons. The van der Waals surface area contributed by atoms with Crippen molar-refractivity contribution < 1.29 is 9.59 Å². The summed E-state index contributed by atoms with van der Waals surface area (Å²) >= 11 is 0. The van der Waals surface area contributed by atoms with Gasteiger partial charge in [-0.1, -0.05) is 29.8 Å². The van der Waals surface area contributed by atoms with Gasteiger partial charge in [0.2, 0.25) is 5.91 Å². The largest absolute Gasteiger partial charge is 0.350 e. The Balaban J connectivity index is 2.06. The molecule has 7 nitrogen and oxygen atoms in total. The minimum Gasteiger partial charge on any atom is -0.350 e. The summed E-state index contributed by atoms with van der Waals surface area (Å²) in [5.74, 6) is -0.275. The molecule has 0 spiro atoms. The van der Waals surface area contributed by atoms with Crippen LogP contribution in [0.3, 0.4) is 0 Å². The van der Waals surface area contributed by atoms with Gasteiger partial charge in [0.1, 0.15) is 12.2 Å². The highest BCUT2D eigenvalue weighted by molar-refractivity contribution is 5.88. The highest BCUT2D eigenvalue weighted by atomic mass is 16.2. The quantitative estimate of drug-likeness (QED) is 0.769. The lowest BCUT2D eigenvalue weighted by Crippen LogP contribution is -2.35. The van der Waals surface area contributed by atoms with Crippen molar-refractivity contribution in [3.05, 3.63) is 63.6 Å². The molecular weight excluding hydrogens is 320 g/mol. The van der Waals surface area contributed by atoms with E-state index < -0.39 is 11.6 Å². The molecule has 0 unspecified atom stereocenters. The normalized spacial score (nSPS) is 10.2. The van der Waals surface area contributed by atoms with E-state index in [1.807, 2.05) is 31.2 Å². The molecule has 0 aliphatic heterocycles. The summed E-state index contributed by atoms with van der Waals surface area (Å²) in [5.41, 5.74) is 2.47. The zero-order valence-corrected chi connectivity index (χ0v) is 14.6. The first kappa shape index (κ1) is 18.3. The maximum absolute atomic E-state index is 12.4. The standard InChI is InChI=1S/C18H22N4O3/c1-12-4-7-14(8-5-12)10-20-16(23)11-22-13(2)6-9-15(17(22)24)21-18(25)19-3/h4-9H,10-11H2,1-3H3,(H,20,23)(H2,19,21,25). The van der Waals surface area contributed by atoms with E-state index in [2.05, 4.69) is 16.0 Å². The molecule has 2 rings (SSSR count). The Morgan fingerprint density at radius 1 is 1.04 bits per heavy atom. The minimum absolute atomic E-state index is 0.111. The molecule has 0 aliphatic carbocycles. The fraction of sp³-hybridized carbons (Fsp3) is 0.278. The second-order valence-corrected chi connectivity index (χ2v) is 5.75. The number of nitrogens with one attached hydrogen (secondary N) is 3. The smallest absolute Gasteiger partial charge is 0.319 e.